The highest BCUT2D eigenvalue weighted by atomic mass is 19.4. The average molecular weight is 789 g/mol. The molecule has 2 aromatic rings. The number of aliphatic hydroxyl groups excluding tert-OH is 1. The molecule has 13 heteroatoms. The summed E-state index contributed by atoms with van der Waals surface area (Å²) in [4.78, 5) is 56.2. The van der Waals surface area contributed by atoms with Crippen LogP contribution in [0.2, 0.25) is 0 Å². The molecule has 0 saturated carbocycles. The van der Waals surface area contributed by atoms with Crippen LogP contribution in [0.4, 0.5) is 13.2 Å². The third-order valence-electron chi connectivity index (χ3n) is 9.61. The first-order chi connectivity index (χ1) is 27.2. The van der Waals surface area contributed by atoms with E-state index in [1.165, 1.54) is 17.0 Å². The molecule has 10 nitrogen and oxygen atoms in total. The van der Waals surface area contributed by atoms with Crippen molar-refractivity contribution >= 4 is 29.3 Å². The maximum atomic E-state index is 13.9. The first-order valence-electron chi connectivity index (χ1n) is 19.0. The summed E-state index contributed by atoms with van der Waals surface area (Å²) in [6, 6.07) is 13.4. The predicted molar refractivity (Wildman–Crippen MR) is 213 cm³/mol. The van der Waals surface area contributed by atoms with E-state index in [4.69, 9.17) is 4.74 Å². The molecule has 0 bridgehead atoms. The molecule has 0 heterocycles. The smallest absolute Gasteiger partial charge is 0.416 e. The summed E-state index contributed by atoms with van der Waals surface area (Å²) in [5, 5.41) is 19.8. The highest BCUT2D eigenvalue weighted by Gasteiger charge is 2.48. The van der Waals surface area contributed by atoms with Gasteiger partial charge >= 0.3 is 12.1 Å². The Morgan fingerprint density at radius 2 is 1.60 bits per heavy atom. The van der Waals surface area contributed by atoms with Crippen LogP contribution >= 0.6 is 0 Å². The molecular formula is C44H51F3N4O6. The Balaban J connectivity index is 1.62. The van der Waals surface area contributed by atoms with Gasteiger partial charge in [-0.1, -0.05) is 92.3 Å². The van der Waals surface area contributed by atoms with Crippen molar-refractivity contribution in [3.05, 3.63) is 136 Å². The molecule has 57 heavy (non-hydrogen) atoms. The molecule has 304 valence electrons. The lowest BCUT2D eigenvalue weighted by molar-refractivity contribution is -0.151. The van der Waals surface area contributed by atoms with Gasteiger partial charge in [0.2, 0.25) is 11.8 Å². The Kier molecular flexibility index (Phi) is 16.0. The fourth-order valence-electron chi connectivity index (χ4n) is 6.67. The number of nitrogens with zero attached hydrogens (tertiary/aromatic N) is 1. The second-order valence-corrected chi connectivity index (χ2v) is 13.8. The zero-order chi connectivity index (χ0) is 41.6. The van der Waals surface area contributed by atoms with Gasteiger partial charge < -0.3 is 25.4 Å². The van der Waals surface area contributed by atoms with E-state index in [2.05, 4.69) is 16.0 Å². The molecule has 0 saturated heterocycles. The number of halogens is 3. The molecule has 2 aromatic carbocycles. The minimum absolute atomic E-state index is 0.130. The number of amides is 3. The van der Waals surface area contributed by atoms with Crippen LogP contribution in [-0.4, -0.2) is 73.2 Å². The van der Waals surface area contributed by atoms with Gasteiger partial charge in [-0.25, -0.2) is 0 Å². The fourth-order valence-corrected chi connectivity index (χ4v) is 6.67. The molecular weight excluding hydrogens is 737 g/mol. The van der Waals surface area contributed by atoms with E-state index >= 15 is 0 Å². The van der Waals surface area contributed by atoms with Crippen molar-refractivity contribution in [3.63, 3.8) is 0 Å². The molecule has 4 N–H and O–H groups in total. The molecule has 2 aliphatic carbocycles. The van der Waals surface area contributed by atoms with E-state index in [1.54, 1.807) is 87.7 Å². The maximum absolute atomic E-state index is 13.9. The van der Waals surface area contributed by atoms with Gasteiger partial charge in [0.05, 0.1) is 29.7 Å². The molecule has 2 atom stereocenters. The Labute approximate surface area is 331 Å². The number of esters is 1. The van der Waals surface area contributed by atoms with E-state index in [1.807, 2.05) is 13.0 Å². The standard InChI is InChI=1S/C44H51F3N4O6/c1-5-25-51(4)40(54)36-26-30(27-39(53)57-29-43(41(55)48-6-2,42(56)49-7-3)33-17-11-9-12-18-33)15-14-20-37(36)50-38(52)28-32-16-10-8-13-19-35(32)31-21-23-34(24-22-31)44(45,46)47/h8-14,16-18,20-24,26,41,48,55H,5-7,15,19,25,27-29H2,1-4H3,(H,49,56)(H,50,52). The van der Waals surface area contributed by atoms with E-state index in [-0.39, 0.29) is 43.0 Å². The Morgan fingerprint density at radius 1 is 0.877 bits per heavy atom. The summed E-state index contributed by atoms with van der Waals surface area (Å²) >= 11 is 0. The lowest BCUT2D eigenvalue weighted by Gasteiger charge is -2.36. The Hall–Kier alpha value is -5.53. The van der Waals surface area contributed by atoms with Crippen molar-refractivity contribution in [2.75, 3.05) is 33.3 Å². The summed E-state index contributed by atoms with van der Waals surface area (Å²) in [7, 11) is 1.64. The van der Waals surface area contributed by atoms with Crippen LogP contribution in [0, 0.1) is 0 Å². The number of benzene rings is 2. The van der Waals surface area contributed by atoms with E-state index in [9.17, 15) is 37.5 Å². The monoisotopic (exact) mass is 788 g/mol. The van der Waals surface area contributed by atoms with Gasteiger partial charge in [-0.15, -0.1) is 0 Å². The largest absolute Gasteiger partial charge is 0.464 e. The molecule has 3 amide bonds. The Morgan fingerprint density at radius 3 is 2.25 bits per heavy atom. The van der Waals surface area contributed by atoms with Crippen LogP contribution in [0.1, 0.15) is 69.6 Å². The minimum Gasteiger partial charge on any atom is -0.464 e. The summed E-state index contributed by atoms with van der Waals surface area (Å²) in [5.41, 5.74) is 0.718. The van der Waals surface area contributed by atoms with Crippen molar-refractivity contribution in [1.29, 1.82) is 0 Å². The predicted octanol–water partition coefficient (Wildman–Crippen LogP) is 6.43. The summed E-state index contributed by atoms with van der Waals surface area (Å²) < 4.78 is 45.5. The van der Waals surface area contributed by atoms with Crippen LogP contribution in [0.25, 0.3) is 5.57 Å². The fraction of sp³-hybridized carbons (Fsp3) is 0.364. The van der Waals surface area contributed by atoms with Crippen LogP contribution in [-0.2, 0) is 35.5 Å². The molecule has 0 fully saturated rings. The zero-order valence-electron chi connectivity index (χ0n) is 32.7. The van der Waals surface area contributed by atoms with Crippen LogP contribution < -0.4 is 16.0 Å². The number of hydrogen-bond acceptors (Lipinski definition) is 7. The van der Waals surface area contributed by atoms with E-state index < -0.39 is 47.8 Å². The number of carbonyl (C=O) groups excluding carboxylic acids is 4. The van der Waals surface area contributed by atoms with Crippen molar-refractivity contribution < 1.29 is 42.2 Å². The first kappa shape index (κ1) is 44.2. The third-order valence-corrected chi connectivity index (χ3v) is 9.61. The van der Waals surface area contributed by atoms with Gasteiger partial charge in [-0.05, 0) is 79.3 Å². The zero-order valence-corrected chi connectivity index (χ0v) is 32.7. The lowest BCUT2D eigenvalue weighted by atomic mass is 9.78. The van der Waals surface area contributed by atoms with Crippen LogP contribution in [0.3, 0.4) is 0 Å². The van der Waals surface area contributed by atoms with Gasteiger partial charge in [-0.2, -0.15) is 13.2 Å². The molecule has 0 aliphatic heterocycles. The molecule has 4 rings (SSSR count). The number of ether oxygens (including phenoxy) is 1. The van der Waals surface area contributed by atoms with Crippen molar-refractivity contribution in [2.45, 2.75) is 70.7 Å². The molecule has 0 aromatic heterocycles. The number of aliphatic hydroxyl groups is 1. The highest BCUT2D eigenvalue weighted by molar-refractivity contribution is 5.99. The van der Waals surface area contributed by atoms with Gasteiger partial charge in [0, 0.05) is 20.1 Å². The summed E-state index contributed by atoms with van der Waals surface area (Å²) in [5.74, 6) is -2.06. The quantitative estimate of drug-likeness (QED) is 0.107. The van der Waals surface area contributed by atoms with Crippen molar-refractivity contribution in [1.82, 2.24) is 20.9 Å². The van der Waals surface area contributed by atoms with Gasteiger partial charge in [0.15, 0.2) is 0 Å². The highest BCUT2D eigenvalue weighted by Crippen LogP contribution is 2.33. The van der Waals surface area contributed by atoms with Crippen molar-refractivity contribution in [2.24, 2.45) is 0 Å². The summed E-state index contributed by atoms with van der Waals surface area (Å²) in [6.07, 6.45) is 7.08. The number of rotatable bonds is 17. The van der Waals surface area contributed by atoms with E-state index in [0.717, 1.165) is 12.1 Å². The Bertz CT molecular complexity index is 1950. The lowest BCUT2D eigenvalue weighted by Crippen LogP contribution is -2.60. The number of carbonyl (C=O) groups is 4. The number of nitrogens with one attached hydrogen (secondary N) is 3. The third kappa shape index (κ3) is 11.5. The van der Waals surface area contributed by atoms with Crippen LogP contribution in [0.5, 0.6) is 0 Å². The second-order valence-electron chi connectivity index (χ2n) is 13.8. The molecule has 0 spiro atoms. The number of hydrogen-bond donors (Lipinski definition) is 4. The van der Waals surface area contributed by atoms with Gasteiger partial charge in [0.25, 0.3) is 5.91 Å². The summed E-state index contributed by atoms with van der Waals surface area (Å²) in [6.45, 7) is 6.01. The minimum atomic E-state index is -4.48. The second kappa shape index (κ2) is 20.6. The van der Waals surface area contributed by atoms with Gasteiger partial charge in [-0.3, -0.25) is 24.5 Å². The van der Waals surface area contributed by atoms with Crippen LogP contribution in [0.15, 0.2) is 120 Å². The number of likely N-dealkylation sites (N-methyl/N-ethyl adjacent to an activating group) is 3. The van der Waals surface area contributed by atoms with Crippen molar-refractivity contribution in [3.8, 4) is 0 Å². The molecule has 2 unspecified atom stereocenters. The molecule has 0 radical (unpaired) electrons. The molecule has 2 aliphatic rings. The van der Waals surface area contributed by atoms with Gasteiger partial charge in [0.1, 0.15) is 18.2 Å². The SMILES string of the molecule is CCCN(C)C(=O)C1=C(NC(=O)CC2=C(c3ccc(C(F)(F)F)cc3)CC=CC=C2)C=CCC(CC(=O)OCC(C(=O)NCC)(c2ccccc2)C(O)NCC)=C1. The topological polar surface area (TPSA) is 137 Å². The number of allylic oxidation sites excluding steroid dienone is 7. The average Bonchev–Trinajstić information content (AvgIpc) is 3.53. The maximum Gasteiger partial charge on any atom is 0.416 e. The van der Waals surface area contributed by atoms with E-state index in [0.29, 0.717) is 53.8 Å². The normalized spacial score (nSPS) is 15.9. The first-order valence-corrected chi connectivity index (χ1v) is 19.0. The number of alkyl halides is 3.